The maximum Gasteiger partial charge on any atom is 0.224 e. The van der Waals surface area contributed by atoms with E-state index in [0.717, 1.165) is 43.1 Å². The molecule has 0 unspecified atom stereocenters. The molecule has 0 spiro atoms. The average Bonchev–Trinajstić information content (AvgIpc) is 2.65. The van der Waals surface area contributed by atoms with Crippen LogP contribution in [0, 0.1) is 0 Å². The number of methoxy groups -OCH3 is 1. The summed E-state index contributed by atoms with van der Waals surface area (Å²) in [5, 5.41) is 9.46. The Balaban J connectivity index is 2.46. The summed E-state index contributed by atoms with van der Waals surface area (Å²) in [6, 6.07) is 7.80. The molecule has 0 aliphatic heterocycles. The van der Waals surface area contributed by atoms with Gasteiger partial charge in [0.05, 0.1) is 19.8 Å². The highest BCUT2D eigenvalue weighted by Gasteiger charge is 2.02. The summed E-state index contributed by atoms with van der Waals surface area (Å²) in [7, 11) is 1.67. The van der Waals surface area contributed by atoms with Gasteiger partial charge in [0.1, 0.15) is 0 Å². The predicted molar refractivity (Wildman–Crippen MR) is 110 cm³/mol. The second kappa shape index (κ2) is 15.0. The molecule has 0 aliphatic carbocycles. The zero-order valence-corrected chi connectivity index (χ0v) is 16.8. The third-order valence-corrected chi connectivity index (χ3v) is 3.64. The number of anilines is 1. The molecule has 0 fully saturated rings. The van der Waals surface area contributed by atoms with Gasteiger partial charge in [-0.3, -0.25) is 4.79 Å². The summed E-state index contributed by atoms with van der Waals surface area (Å²) in [6.07, 6.45) is 2.27. The van der Waals surface area contributed by atoms with Gasteiger partial charge in [-0.15, -0.1) is 0 Å². The minimum Gasteiger partial charge on any atom is -0.382 e. The van der Waals surface area contributed by atoms with Crippen LogP contribution < -0.4 is 16.0 Å². The number of benzene rings is 1. The molecule has 1 rings (SSSR count). The number of nitrogens with one attached hydrogen (secondary N) is 3. The van der Waals surface area contributed by atoms with Gasteiger partial charge in [-0.2, -0.15) is 0 Å². The van der Waals surface area contributed by atoms with Gasteiger partial charge in [0, 0.05) is 38.9 Å². The first kappa shape index (κ1) is 22.9. The standard InChI is InChI=1S/C20H34N4O3/c1-4-8-19(25)24-18-10-6-9-17(15-18)16-23-20(21-5-2)22-11-7-12-27-14-13-26-3/h6,9-10,15H,4-5,7-8,11-14,16H2,1-3H3,(H,24,25)(H2,21,22,23). The van der Waals surface area contributed by atoms with Crippen molar-refractivity contribution in [2.45, 2.75) is 39.7 Å². The quantitative estimate of drug-likeness (QED) is 0.279. The summed E-state index contributed by atoms with van der Waals surface area (Å²) in [5.41, 5.74) is 1.86. The van der Waals surface area contributed by atoms with Gasteiger partial charge >= 0.3 is 0 Å². The molecule has 0 heterocycles. The number of hydrogen-bond acceptors (Lipinski definition) is 4. The molecule has 7 nitrogen and oxygen atoms in total. The predicted octanol–water partition coefficient (Wildman–Crippen LogP) is 2.53. The van der Waals surface area contributed by atoms with Crippen LogP contribution in [0.1, 0.15) is 38.7 Å². The molecule has 1 amide bonds. The molecule has 0 saturated carbocycles. The Morgan fingerprint density at radius 3 is 2.74 bits per heavy atom. The largest absolute Gasteiger partial charge is 0.382 e. The lowest BCUT2D eigenvalue weighted by Crippen LogP contribution is -2.38. The van der Waals surface area contributed by atoms with Crippen molar-refractivity contribution in [2.75, 3.05) is 45.3 Å². The number of aliphatic imine (C=N–C) groups is 1. The van der Waals surface area contributed by atoms with Gasteiger partial charge in [0.25, 0.3) is 0 Å². The van der Waals surface area contributed by atoms with Gasteiger partial charge < -0.3 is 25.4 Å². The summed E-state index contributed by atoms with van der Waals surface area (Å²) in [4.78, 5) is 16.3. The van der Waals surface area contributed by atoms with Crippen LogP contribution in [-0.4, -0.2) is 51.9 Å². The highest BCUT2D eigenvalue weighted by atomic mass is 16.5. The van der Waals surface area contributed by atoms with Gasteiger partial charge in [0.15, 0.2) is 5.96 Å². The van der Waals surface area contributed by atoms with E-state index in [1.807, 2.05) is 38.1 Å². The van der Waals surface area contributed by atoms with E-state index in [1.165, 1.54) is 0 Å². The van der Waals surface area contributed by atoms with Crippen molar-refractivity contribution < 1.29 is 14.3 Å². The third-order valence-electron chi connectivity index (χ3n) is 3.64. The molecule has 1 aromatic carbocycles. The Morgan fingerprint density at radius 2 is 2.00 bits per heavy atom. The normalized spacial score (nSPS) is 11.3. The SMILES string of the molecule is CCCC(=O)Nc1cccc(CN=C(NCC)NCCCOCCOC)c1. The average molecular weight is 379 g/mol. The lowest BCUT2D eigenvalue weighted by Gasteiger charge is -2.12. The fourth-order valence-electron chi connectivity index (χ4n) is 2.34. The molecule has 0 bridgehead atoms. The van der Waals surface area contributed by atoms with Crippen molar-refractivity contribution in [1.82, 2.24) is 10.6 Å². The molecular weight excluding hydrogens is 344 g/mol. The highest BCUT2D eigenvalue weighted by Crippen LogP contribution is 2.12. The lowest BCUT2D eigenvalue weighted by atomic mass is 10.2. The van der Waals surface area contributed by atoms with E-state index in [9.17, 15) is 4.79 Å². The molecule has 0 radical (unpaired) electrons. The van der Waals surface area contributed by atoms with Gasteiger partial charge in [0.2, 0.25) is 5.91 Å². The molecule has 152 valence electrons. The molecule has 27 heavy (non-hydrogen) atoms. The van der Waals surface area contributed by atoms with E-state index in [4.69, 9.17) is 9.47 Å². The Hall–Kier alpha value is -2.12. The van der Waals surface area contributed by atoms with Crippen LogP contribution in [0.3, 0.4) is 0 Å². The van der Waals surface area contributed by atoms with Crippen molar-refractivity contribution in [3.8, 4) is 0 Å². The van der Waals surface area contributed by atoms with E-state index in [0.29, 0.717) is 32.8 Å². The maximum atomic E-state index is 11.7. The molecule has 1 aromatic rings. The molecule has 0 atom stereocenters. The summed E-state index contributed by atoms with van der Waals surface area (Å²) in [5.74, 6) is 0.815. The van der Waals surface area contributed by atoms with E-state index in [2.05, 4.69) is 20.9 Å². The van der Waals surface area contributed by atoms with E-state index < -0.39 is 0 Å². The van der Waals surface area contributed by atoms with Crippen LogP contribution in [-0.2, 0) is 20.8 Å². The Kier molecular flexibility index (Phi) is 12.7. The first-order valence-corrected chi connectivity index (χ1v) is 9.67. The van der Waals surface area contributed by atoms with Crippen LogP contribution in [0.15, 0.2) is 29.3 Å². The lowest BCUT2D eigenvalue weighted by molar-refractivity contribution is -0.116. The van der Waals surface area contributed by atoms with Crippen LogP contribution in [0.5, 0.6) is 0 Å². The number of nitrogens with zero attached hydrogens (tertiary/aromatic N) is 1. The molecular formula is C20H34N4O3. The van der Waals surface area contributed by atoms with Crippen molar-refractivity contribution in [2.24, 2.45) is 4.99 Å². The number of carbonyl (C=O) groups excluding carboxylic acids is 1. The van der Waals surface area contributed by atoms with Gasteiger partial charge in [-0.1, -0.05) is 19.1 Å². The van der Waals surface area contributed by atoms with Crippen molar-refractivity contribution in [3.05, 3.63) is 29.8 Å². The van der Waals surface area contributed by atoms with Crippen LogP contribution in [0.25, 0.3) is 0 Å². The second-order valence-corrected chi connectivity index (χ2v) is 6.08. The highest BCUT2D eigenvalue weighted by molar-refractivity contribution is 5.90. The number of hydrogen-bond donors (Lipinski definition) is 3. The minimum absolute atomic E-state index is 0.0425. The molecule has 0 saturated heterocycles. The van der Waals surface area contributed by atoms with Crippen molar-refractivity contribution >= 4 is 17.6 Å². The molecule has 7 heteroatoms. The monoisotopic (exact) mass is 378 g/mol. The Labute approximate surface area is 162 Å². The summed E-state index contributed by atoms with van der Waals surface area (Å²) in [6.45, 7) is 8.08. The first-order chi connectivity index (χ1) is 13.2. The Morgan fingerprint density at radius 1 is 1.15 bits per heavy atom. The Bertz CT molecular complexity index is 564. The third kappa shape index (κ3) is 11.2. The zero-order chi connectivity index (χ0) is 19.7. The van der Waals surface area contributed by atoms with Crippen LogP contribution >= 0.6 is 0 Å². The van der Waals surface area contributed by atoms with Crippen LogP contribution in [0.2, 0.25) is 0 Å². The molecule has 3 N–H and O–H groups in total. The van der Waals surface area contributed by atoms with Crippen LogP contribution in [0.4, 0.5) is 5.69 Å². The second-order valence-electron chi connectivity index (χ2n) is 6.08. The number of rotatable bonds is 13. The number of carbonyl (C=O) groups is 1. The van der Waals surface area contributed by atoms with Gasteiger partial charge in [-0.05, 0) is 37.5 Å². The number of ether oxygens (including phenoxy) is 2. The van der Waals surface area contributed by atoms with E-state index in [1.54, 1.807) is 7.11 Å². The molecule has 0 aliphatic rings. The summed E-state index contributed by atoms with van der Waals surface area (Å²) < 4.78 is 10.4. The van der Waals surface area contributed by atoms with E-state index in [-0.39, 0.29) is 5.91 Å². The number of amides is 1. The topological polar surface area (TPSA) is 84.0 Å². The molecule has 0 aromatic heterocycles. The van der Waals surface area contributed by atoms with Crippen molar-refractivity contribution in [3.63, 3.8) is 0 Å². The van der Waals surface area contributed by atoms with E-state index >= 15 is 0 Å². The van der Waals surface area contributed by atoms with Gasteiger partial charge in [-0.25, -0.2) is 4.99 Å². The smallest absolute Gasteiger partial charge is 0.224 e. The fraction of sp³-hybridized carbons (Fsp3) is 0.600. The summed E-state index contributed by atoms with van der Waals surface area (Å²) >= 11 is 0. The number of guanidine groups is 1. The maximum absolute atomic E-state index is 11.7. The fourth-order valence-corrected chi connectivity index (χ4v) is 2.34. The first-order valence-electron chi connectivity index (χ1n) is 9.67. The zero-order valence-electron chi connectivity index (χ0n) is 16.8. The minimum atomic E-state index is 0.0425. The van der Waals surface area contributed by atoms with Crippen molar-refractivity contribution in [1.29, 1.82) is 0 Å².